The van der Waals surface area contributed by atoms with Gasteiger partial charge in [-0.15, -0.1) is 0 Å². The zero-order valence-corrected chi connectivity index (χ0v) is 24.0. The molecule has 3 rings (SSSR count). The summed E-state index contributed by atoms with van der Waals surface area (Å²) in [5.74, 6) is 0.356. The summed E-state index contributed by atoms with van der Waals surface area (Å²) in [5.41, 5.74) is 0.765. The first-order valence-electron chi connectivity index (χ1n) is 13.7. The van der Waals surface area contributed by atoms with E-state index >= 15 is 0 Å². The maximum absolute atomic E-state index is 13.6. The zero-order chi connectivity index (χ0) is 26.3. The van der Waals surface area contributed by atoms with Gasteiger partial charge in [-0.3, -0.25) is 9.69 Å². The van der Waals surface area contributed by atoms with Crippen LogP contribution < -0.4 is 5.32 Å². The number of carbonyl (C=O) groups excluding carboxylic acids is 2. The smallest absolute Gasteiger partial charge is 0.410 e. The average Bonchev–Trinajstić information content (AvgIpc) is 2.81. The number of amides is 2. The molecule has 7 heteroatoms. The first-order chi connectivity index (χ1) is 17.1. The minimum Gasteiger partial charge on any atom is -0.444 e. The molecule has 1 aliphatic carbocycles. The van der Waals surface area contributed by atoms with Gasteiger partial charge in [-0.1, -0.05) is 57.0 Å². The van der Waals surface area contributed by atoms with Gasteiger partial charge in [0.25, 0.3) is 0 Å². The minimum atomic E-state index is -0.557. The predicted molar refractivity (Wildman–Crippen MR) is 149 cm³/mol. The lowest BCUT2D eigenvalue weighted by molar-refractivity contribution is -0.123. The second kappa shape index (κ2) is 13.2. The topological polar surface area (TPSA) is 61.9 Å². The molecule has 0 bridgehead atoms. The number of likely N-dealkylation sites (tertiary alicyclic amines) is 1. The fraction of sp³-hybridized carbons (Fsp3) is 0.724. The Kier molecular flexibility index (Phi) is 10.6. The summed E-state index contributed by atoms with van der Waals surface area (Å²) < 4.78 is 5.95. The van der Waals surface area contributed by atoms with E-state index in [2.05, 4.69) is 54.4 Å². The monoisotopic (exact) mass is 517 g/mol. The molecular formula is C29H47N3O3S. The Morgan fingerprint density at radius 2 is 1.72 bits per heavy atom. The highest BCUT2D eigenvalue weighted by Crippen LogP contribution is 2.31. The summed E-state index contributed by atoms with van der Waals surface area (Å²) in [4.78, 5) is 31.3. The van der Waals surface area contributed by atoms with Gasteiger partial charge in [0, 0.05) is 31.7 Å². The van der Waals surface area contributed by atoms with Crippen LogP contribution in [0.3, 0.4) is 0 Å². The van der Waals surface area contributed by atoms with Crippen LogP contribution in [-0.4, -0.2) is 70.1 Å². The highest BCUT2D eigenvalue weighted by atomic mass is 32.2. The molecule has 0 aromatic heterocycles. The average molecular weight is 518 g/mol. The molecule has 1 N–H and O–H groups in total. The van der Waals surface area contributed by atoms with Crippen LogP contribution in [0.5, 0.6) is 0 Å². The standard InChI is InChI=1S/C29H47N3O3S/c1-21(2)26(36-6)27(33)30-24-14-10-11-15-25(24)32(28(34)35-29(3,4)5)23-16-18-31(19-17-23)20-22-12-8-7-9-13-22/h7-9,12-13,21,23-26H,10-11,14-20H2,1-6H3,(H,30,33)/t24?,25-,26?/m1/s1. The van der Waals surface area contributed by atoms with Crippen molar-refractivity contribution in [1.29, 1.82) is 0 Å². The Bertz CT molecular complexity index is 834. The first-order valence-corrected chi connectivity index (χ1v) is 15.0. The van der Waals surface area contributed by atoms with E-state index in [4.69, 9.17) is 4.74 Å². The van der Waals surface area contributed by atoms with Gasteiger partial charge in [0.2, 0.25) is 5.91 Å². The molecule has 2 unspecified atom stereocenters. The van der Waals surface area contributed by atoms with Crippen molar-refractivity contribution >= 4 is 23.8 Å². The Labute approximate surface area is 222 Å². The highest BCUT2D eigenvalue weighted by Gasteiger charge is 2.41. The van der Waals surface area contributed by atoms with Crippen molar-refractivity contribution in [3.8, 4) is 0 Å². The Morgan fingerprint density at radius 1 is 1.08 bits per heavy atom. The Morgan fingerprint density at radius 3 is 2.31 bits per heavy atom. The second-order valence-corrected chi connectivity index (χ2v) is 12.7. The second-order valence-electron chi connectivity index (χ2n) is 11.7. The molecule has 0 radical (unpaired) electrons. The van der Waals surface area contributed by atoms with Gasteiger partial charge < -0.3 is 15.0 Å². The van der Waals surface area contributed by atoms with E-state index in [1.807, 2.05) is 31.9 Å². The van der Waals surface area contributed by atoms with Crippen LogP contribution in [0.25, 0.3) is 0 Å². The molecule has 2 fully saturated rings. The summed E-state index contributed by atoms with van der Waals surface area (Å²) in [6.45, 7) is 12.8. The summed E-state index contributed by atoms with van der Waals surface area (Å²) in [6, 6.07) is 10.6. The molecule has 36 heavy (non-hydrogen) atoms. The third-order valence-corrected chi connectivity index (χ3v) is 8.60. The number of nitrogens with one attached hydrogen (secondary N) is 1. The lowest BCUT2D eigenvalue weighted by atomic mass is 9.87. The number of thioether (sulfide) groups is 1. The van der Waals surface area contributed by atoms with Gasteiger partial charge in [0.15, 0.2) is 0 Å². The van der Waals surface area contributed by atoms with Crippen molar-refractivity contribution in [2.75, 3.05) is 19.3 Å². The summed E-state index contributed by atoms with van der Waals surface area (Å²) in [7, 11) is 0. The third-order valence-electron chi connectivity index (χ3n) is 7.34. The van der Waals surface area contributed by atoms with Crippen molar-refractivity contribution in [1.82, 2.24) is 15.1 Å². The molecule has 1 aromatic carbocycles. The van der Waals surface area contributed by atoms with Gasteiger partial charge in [-0.05, 0) is 64.2 Å². The maximum Gasteiger partial charge on any atom is 0.410 e. The number of carbonyl (C=O) groups is 2. The normalized spacial score (nSPS) is 22.8. The Balaban J connectivity index is 1.75. The van der Waals surface area contributed by atoms with Crippen LogP contribution in [0.1, 0.15) is 78.7 Å². The number of hydrogen-bond acceptors (Lipinski definition) is 5. The van der Waals surface area contributed by atoms with Gasteiger partial charge in [-0.2, -0.15) is 11.8 Å². The van der Waals surface area contributed by atoms with Crippen LogP contribution in [0.2, 0.25) is 0 Å². The van der Waals surface area contributed by atoms with Crippen LogP contribution >= 0.6 is 11.8 Å². The molecule has 1 saturated carbocycles. The quantitative estimate of drug-likeness (QED) is 0.479. The minimum absolute atomic E-state index is 0.0297. The molecular weight excluding hydrogens is 470 g/mol. The van der Waals surface area contributed by atoms with E-state index in [1.165, 1.54) is 5.56 Å². The molecule has 1 aliphatic heterocycles. The van der Waals surface area contributed by atoms with Gasteiger partial charge in [0.1, 0.15) is 5.60 Å². The van der Waals surface area contributed by atoms with E-state index in [1.54, 1.807) is 11.8 Å². The molecule has 2 amide bonds. The van der Waals surface area contributed by atoms with E-state index in [-0.39, 0.29) is 41.3 Å². The molecule has 1 saturated heterocycles. The molecule has 6 nitrogen and oxygen atoms in total. The number of nitrogens with zero attached hydrogens (tertiary/aromatic N) is 2. The zero-order valence-electron chi connectivity index (χ0n) is 23.2. The molecule has 3 atom stereocenters. The molecule has 2 aliphatic rings. The van der Waals surface area contributed by atoms with Gasteiger partial charge in [-0.25, -0.2) is 4.79 Å². The van der Waals surface area contributed by atoms with Crippen molar-refractivity contribution in [3.63, 3.8) is 0 Å². The molecule has 0 spiro atoms. The Hall–Kier alpha value is -1.73. The summed E-state index contributed by atoms with van der Waals surface area (Å²) in [6.07, 6.45) is 7.55. The SMILES string of the molecule is CSC(C(=O)NC1CCCC[C@H]1N(C(=O)OC(C)(C)C)C1CCN(Cc2ccccc2)CC1)C(C)C. The molecule has 202 valence electrons. The van der Waals surface area contributed by atoms with Crippen LogP contribution in [-0.2, 0) is 16.1 Å². The van der Waals surface area contributed by atoms with Crippen molar-refractivity contribution < 1.29 is 14.3 Å². The van der Waals surface area contributed by atoms with Gasteiger partial charge in [0.05, 0.1) is 11.3 Å². The van der Waals surface area contributed by atoms with E-state index in [0.717, 1.165) is 58.2 Å². The van der Waals surface area contributed by atoms with Gasteiger partial charge >= 0.3 is 6.09 Å². The predicted octanol–water partition coefficient (Wildman–Crippen LogP) is 5.70. The number of piperidine rings is 1. The molecule has 1 aromatic rings. The maximum atomic E-state index is 13.6. The van der Waals surface area contributed by atoms with Crippen LogP contribution in [0.15, 0.2) is 30.3 Å². The van der Waals surface area contributed by atoms with E-state index in [9.17, 15) is 9.59 Å². The van der Waals surface area contributed by atoms with Crippen molar-refractivity contribution in [3.05, 3.63) is 35.9 Å². The number of rotatable bonds is 8. The number of ether oxygens (including phenoxy) is 1. The van der Waals surface area contributed by atoms with Crippen molar-refractivity contribution in [2.24, 2.45) is 5.92 Å². The van der Waals surface area contributed by atoms with E-state index < -0.39 is 5.60 Å². The third kappa shape index (κ3) is 8.14. The fourth-order valence-electron chi connectivity index (χ4n) is 5.63. The summed E-state index contributed by atoms with van der Waals surface area (Å²) >= 11 is 1.60. The van der Waals surface area contributed by atoms with Crippen LogP contribution in [0.4, 0.5) is 4.79 Å². The first kappa shape index (κ1) is 28.8. The number of hydrogen-bond donors (Lipinski definition) is 1. The fourth-order valence-corrected chi connectivity index (χ4v) is 6.45. The number of benzene rings is 1. The lowest BCUT2D eigenvalue weighted by Gasteiger charge is -2.46. The highest BCUT2D eigenvalue weighted by molar-refractivity contribution is 7.99. The summed E-state index contributed by atoms with van der Waals surface area (Å²) in [5, 5.41) is 3.28. The lowest BCUT2D eigenvalue weighted by Crippen LogP contribution is -2.61. The molecule has 1 heterocycles. The van der Waals surface area contributed by atoms with Crippen molar-refractivity contribution in [2.45, 2.75) is 109 Å². The van der Waals surface area contributed by atoms with Crippen LogP contribution in [0, 0.1) is 5.92 Å². The largest absolute Gasteiger partial charge is 0.444 e. The van der Waals surface area contributed by atoms with E-state index in [0.29, 0.717) is 0 Å².